The third-order valence-corrected chi connectivity index (χ3v) is 3.89. The molecule has 0 aliphatic heterocycles. The number of nitrogens with one attached hydrogen (secondary N) is 1. The molecule has 0 atom stereocenters. The number of carbonyl (C=O) groups is 1. The zero-order valence-corrected chi connectivity index (χ0v) is 13.8. The Balaban J connectivity index is 2.17. The molecule has 1 aromatic carbocycles. The summed E-state index contributed by atoms with van der Waals surface area (Å²) < 4.78 is 2.37. The molecule has 0 saturated carbocycles. The topological polar surface area (TPSA) is 46.9 Å². The number of rotatable bonds is 5. The van der Waals surface area contributed by atoms with Gasteiger partial charge in [0.25, 0.3) is 5.91 Å². The lowest BCUT2D eigenvalue weighted by Crippen LogP contribution is -2.13. The first kappa shape index (κ1) is 15.0. The number of hydrogen-bond donors (Lipinski definition) is 1. The fourth-order valence-electron chi connectivity index (χ4n) is 2.03. The van der Waals surface area contributed by atoms with Crippen molar-refractivity contribution in [3.63, 3.8) is 0 Å². The van der Waals surface area contributed by atoms with Gasteiger partial charge in [-0.1, -0.05) is 31.5 Å². The van der Waals surface area contributed by atoms with E-state index in [1.54, 1.807) is 10.9 Å². The molecule has 1 N–H and O–H groups in total. The molecule has 4 nitrogen and oxygen atoms in total. The molecule has 2 rings (SSSR count). The quantitative estimate of drug-likeness (QED) is 0.802. The van der Waals surface area contributed by atoms with Crippen molar-refractivity contribution in [1.82, 2.24) is 9.78 Å². The number of para-hydroxylation sites is 1. The molecule has 1 amide bonds. The van der Waals surface area contributed by atoms with Crippen molar-refractivity contribution >= 4 is 34.2 Å². The minimum Gasteiger partial charge on any atom is -0.322 e. The van der Waals surface area contributed by atoms with Crippen LogP contribution < -0.4 is 5.32 Å². The van der Waals surface area contributed by atoms with Crippen molar-refractivity contribution < 1.29 is 4.79 Å². The molecular formula is C15H18IN3O. The highest BCUT2D eigenvalue weighted by molar-refractivity contribution is 14.1. The molecule has 2 aromatic rings. The van der Waals surface area contributed by atoms with Gasteiger partial charge in [-0.25, -0.2) is 0 Å². The Hall–Kier alpha value is -1.37. The molecule has 0 unspecified atom stereocenters. The summed E-state index contributed by atoms with van der Waals surface area (Å²) in [5.41, 5.74) is 2.69. The summed E-state index contributed by atoms with van der Waals surface area (Å²) in [6, 6.07) is 7.97. The number of aromatic nitrogens is 2. The molecule has 0 saturated heterocycles. The van der Waals surface area contributed by atoms with Crippen LogP contribution in [0.1, 0.15) is 35.7 Å². The average molecular weight is 383 g/mol. The normalized spacial score (nSPS) is 10.6. The summed E-state index contributed by atoms with van der Waals surface area (Å²) >= 11 is 2.08. The zero-order chi connectivity index (χ0) is 14.5. The molecule has 0 spiro atoms. The molecule has 0 radical (unpaired) electrons. The highest BCUT2D eigenvalue weighted by Gasteiger charge is 2.14. The van der Waals surface area contributed by atoms with E-state index in [1.165, 1.54) is 5.56 Å². The lowest BCUT2D eigenvalue weighted by molar-refractivity contribution is 0.102. The van der Waals surface area contributed by atoms with Crippen LogP contribution in [0.3, 0.4) is 0 Å². The Kier molecular flexibility index (Phi) is 5.17. The lowest BCUT2D eigenvalue weighted by Gasteiger charge is -2.10. The van der Waals surface area contributed by atoms with Gasteiger partial charge in [0.15, 0.2) is 0 Å². The van der Waals surface area contributed by atoms with Gasteiger partial charge < -0.3 is 5.32 Å². The van der Waals surface area contributed by atoms with Gasteiger partial charge in [0.1, 0.15) is 3.70 Å². The number of carbonyl (C=O) groups excluding carboxylic acids is 1. The summed E-state index contributed by atoms with van der Waals surface area (Å²) in [6.45, 7) is 2.17. The van der Waals surface area contributed by atoms with Gasteiger partial charge in [0, 0.05) is 18.9 Å². The van der Waals surface area contributed by atoms with E-state index in [0.717, 1.165) is 24.9 Å². The van der Waals surface area contributed by atoms with E-state index < -0.39 is 0 Å². The average Bonchev–Trinajstić information content (AvgIpc) is 2.77. The van der Waals surface area contributed by atoms with E-state index in [1.807, 2.05) is 25.2 Å². The summed E-state index contributed by atoms with van der Waals surface area (Å²) in [5.74, 6) is -0.105. The van der Waals surface area contributed by atoms with Crippen LogP contribution in [0.5, 0.6) is 0 Å². The predicted molar refractivity (Wildman–Crippen MR) is 88.9 cm³/mol. The summed E-state index contributed by atoms with van der Waals surface area (Å²) in [6.07, 6.45) is 4.99. The number of halogens is 1. The fourth-order valence-corrected chi connectivity index (χ4v) is 2.76. The smallest absolute Gasteiger partial charge is 0.259 e. The molecule has 20 heavy (non-hydrogen) atoms. The zero-order valence-electron chi connectivity index (χ0n) is 11.7. The van der Waals surface area contributed by atoms with E-state index in [-0.39, 0.29) is 5.91 Å². The minimum absolute atomic E-state index is 0.105. The predicted octanol–water partition coefficient (Wildman–Crippen LogP) is 3.62. The standard InChI is InChI=1S/C15H18IN3O/c1-3-4-7-11-8-5-6-9-13(11)17-15(20)12-10-19(2)18-14(12)16/h5-6,8-10H,3-4,7H2,1-2H3,(H,17,20). The molecule has 0 fully saturated rings. The van der Waals surface area contributed by atoms with Gasteiger partial charge in [-0.3, -0.25) is 9.48 Å². The largest absolute Gasteiger partial charge is 0.322 e. The van der Waals surface area contributed by atoms with Crippen LogP contribution in [-0.4, -0.2) is 15.7 Å². The monoisotopic (exact) mass is 383 g/mol. The van der Waals surface area contributed by atoms with Gasteiger partial charge in [-0.2, -0.15) is 5.10 Å². The molecule has 0 bridgehead atoms. The minimum atomic E-state index is -0.105. The Labute approximate surface area is 132 Å². The maximum Gasteiger partial charge on any atom is 0.259 e. The first-order valence-corrected chi connectivity index (χ1v) is 7.78. The third-order valence-electron chi connectivity index (χ3n) is 3.09. The second kappa shape index (κ2) is 6.88. The van der Waals surface area contributed by atoms with Crippen LogP contribution in [0.4, 0.5) is 5.69 Å². The van der Waals surface area contributed by atoms with E-state index >= 15 is 0 Å². The second-order valence-corrected chi connectivity index (χ2v) is 5.74. The van der Waals surface area contributed by atoms with E-state index in [2.05, 4.69) is 46.0 Å². The molecule has 5 heteroatoms. The second-order valence-electron chi connectivity index (χ2n) is 4.72. The molecule has 0 aliphatic rings. The van der Waals surface area contributed by atoms with Crippen LogP contribution in [0.2, 0.25) is 0 Å². The SMILES string of the molecule is CCCCc1ccccc1NC(=O)c1cn(C)nc1I. The Morgan fingerprint density at radius 2 is 2.15 bits per heavy atom. The Bertz CT molecular complexity index is 607. The number of anilines is 1. The van der Waals surface area contributed by atoms with Crippen LogP contribution in [0.25, 0.3) is 0 Å². The van der Waals surface area contributed by atoms with Crippen molar-refractivity contribution in [3.8, 4) is 0 Å². The van der Waals surface area contributed by atoms with Gasteiger partial charge in [0.2, 0.25) is 0 Å². The fraction of sp³-hybridized carbons (Fsp3) is 0.333. The van der Waals surface area contributed by atoms with Crippen LogP contribution in [0, 0.1) is 3.70 Å². The number of benzene rings is 1. The van der Waals surface area contributed by atoms with Gasteiger partial charge in [0.05, 0.1) is 5.56 Å². The maximum absolute atomic E-state index is 12.3. The van der Waals surface area contributed by atoms with Crippen molar-refractivity contribution in [2.75, 3.05) is 5.32 Å². The van der Waals surface area contributed by atoms with Crippen LogP contribution in [0.15, 0.2) is 30.5 Å². The van der Waals surface area contributed by atoms with Gasteiger partial charge in [-0.05, 0) is 47.1 Å². The molecule has 1 heterocycles. The van der Waals surface area contributed by atoms with E-state index in [4.69, 9.17) is 0 Å². The molecule has 1 aromatic heterocycles. The number of hydrogen-bond acceptors (Lipinski definition) is 2. The summed E-state index contributed by atoms with van der Waals surface area (Å²) in [4.78, 5) is 12.3. The Morgan fingerprint density at radius 3 is 2.80 bits per heavy atom. The van der Waals surface area contributed by atoms with Crippen molar-refractivity contribution in [2.24, 2.45) is 7.05 Å². The van der Waals surface area contributed by atoms with Crippen LogP contribution >= 0.6 is 22.6 Å². The number of aryl methyl sites for hydroxylation is 2. The first-order valence-electron chi connectivity index (χ1n) is 6.70. The van der Waals surface area contributed by atoms with Crippen molar-refractivity contribution in [2.45, 2.75) is 26.2 Å². The van der Waals surface area contributed by atoms with E-state index in [9.17, 15) is 4.79 Å². The highest BCUT2D eigenvalue weighted by Crippen LogP contribution is 2.19. The first-order chi connectivity index (χ1) is 9.61. The molecule has 106 valence electrons. The van der Waals surface area contributed by atoms with Gasteiger partial charge in [-0.15, -0.1) is 0 Å². The van der Waals surface area contributed by atoms with Crippen molar-refractivity contribution in [1.29, 1.82) is 0 Å². The lowest BCUT2D eigenvalue weighted by atomic mass is 10.1. The van der Waals surface area contributed by atoms with E-state index in [0.29, 0.717) is 9.26 Å². The maximum atomic E-state index is 12.3. The number of unbranched alkanes of at least 4 members (excludes halogenated alkanes) is 1. The number of nitrogens with zero attached hydrogens (tertiary/aromatic N) is 2. The summed E-state index contributed by atoms with van der Waals surface area (Å²) in [7, 11) is 1.81. The highest BCUT2D eigenvalue weighted by atomic mass is 127. The summed E-state index contributed by atoms with van der Waals surface area (Å²) in [5, 5.41) is 7.18. The van der Waals surface area contributed by atoms with Gasteiger partial charge >= 0.3 is 0 Å². The third kappa shape index (κ3) is 3.59. The number of amides is 1. The van der Waals surface area contributed by atoms with Crippen LogP contribution in [-0.2, 0) is 13.5 Å². The Morgan fingerprint density at radius 1 is 1.40 bits per heavy atom. The van der Waals surface area contributed by atoms with Crippen molar-refractivity contribution in [3.05, 3.63) is 45.3 Å². The molecule has 0 aliphatic carbocycles. The molecular weight excluding hydrogens is 365 g/mol.